The normalized spacial score (nSPS) is 14.6. The van der Waals surface area contributed by atoms with E-state index in [0.29, 0.717) is 0 Å². The van der Waals surface area contributed by atoms with Crippen molar-refractivity contribution in [2.24, 2.45) is 22.2 Å². The van der Waals surface area contributed by atoms with E-state index in [2.05, 4.69) is 20.9 Å². The lowest BCUT2D eigenvalue weighted by Gasteiger charge is -2.21. The Balaban J connectivity index is 4.92. The third-order valence-electron chi connectivity index (χ3n) is 3.64. The van der Waals surface area contributed by atoms with Crippen molar-refractivity contribution < 1.29 is 34.5 Å². The number of aliphatic imine (C=N–C) groups is 1. The van der Waals surface area contributed by atoms with E-state index in [1.54, 1.807) is 0 Å². The molecule has 4 unspecified atom stereocenters. The number of aliphatic carboxylic acids is 1. The molecule has 0 aliphatic rings. The third-order valence-corrected chi connectivity index (χ3v) is 3.64. The Morgan fingerprint density at radius 3 is 2.17 bits per heavy atom. The third kappa shape index (κ3) is 10.8. The van der Waals surface area contributed by atoms with E-state index < -0.39 is 61.1 Å². The molecular weight excluding hydrogens is 390 g/mol. The highest BCUT2D eigenvalue weighted by Crippen LogP contribution is 2.00. The molecule has 0 bridgehead atoms. The van der Waals surface area contributed by atoms with Gasteiger partial charge in [0, 0.05) is 6.54 Å². The molecule has 14 nitrogen and oxygen atoms in total. The summed E-state index contributed by atoms with van der Waals surface area (Å²) in [6, 6.07) is -3.96. The fourth-order valence-electron chi connectivity index (χ4n) is 1.98. The largest absolute Gasteiger partial charge is 0.480 e. The molecule has 0 aliphatic heterocycles. The molecule has 0 spiro atoms. The number of hydrogen-bond acceptors (Lipinski definition) is 8. The predicted octanol–water partition coefficient (Wildman–Crippen LogP) is -5.09. The molecule has 0 fully saturated rings. The van der Waals surface area contributed by atoms with E-state index in [4.69, 9.17) is 27.4 Å². The number of aliphatic hydroxyl groups is 2. The summed E-state index contributed by atoms with van der Waals surface area (Å²) < 4.78 is 0. The lowest BCUT2D eigenvalue weighted by atomic mass is 10.1. The molecule has 0 aliphatic carbocycles. The van der Waals surface area contributed by atoms with Crippen molar-refractivity contribution in [3.8, 4) is 0 Å². The SMILES string of the molecule is CC(O)C(N)C(=O)NCC(=O)NC(CCCN=C(N)N)C(=O)NC(CO)C(=O)O. The summed E-state index contributed by atoms with van der Waals surface area (Å²) in [4.78, 5) is 50.7. The van der Waals surface area contributed by atoms with Crippen LogP contribution in [0.4, 0.5) is 0 Å². The maximum atomic E-state index is 12.3. The van der Waals surface area contributed by atoms with Crippen molar-refractivity contribution in [1.29, 1.82) is 0 Å². The van der Waals surface area contributed by atoms with Crippen LogP contribution in [-0.2, 0) is 19.2 Å². The van der Waals surface area contributed by atoms with Gasteiger partial charge in [0.2, 0.25) is 17.7 Å². The zero-order valence-electron chi connectivity index (χ0n) is 16.0. The van der Waals surface area contributed by atoms with Gasteiger partial charge in [-0.25, -0.2) is 4.79 Å². The highest BCUT2D eigenvalue weighted by molar-refractivity contribution is 5.92. The molecule has 14 heteroatoms. The van der Waals surface area contributed by atoms with Crippen molar-refractivity contribution in [2.75, 3.05) is 19.7 Å². The first-order valence-electron chi connectivity index (χ1n) is 8.69. The summed E-state index contributed by atoms with van der Waals surface area (Å²) in [6.45, 7) is 0.0912. The molecule has 0 radical (unpaired) electrons. The van der Waals surface area contributed by atoms with E-state index in [-0.39, 0.29) is 25.3 Å². The molecule has 0 saturated heterocycles. The van der Waals surface area contributed by atoms with Crippen molar-refractivity contribution in [3.63, 3.8) is 0 Å². The topological polar surface area (TPSA) is 255 Å². The van der Waals surface area contributed by atoms with Crippen LogP contribution in [0.3, 0.4) is 0 Å². The maximum absolute atomic E-state index is 12.3. The summed E-state index contributed by atoms with van der Waals surface area (Å²) in [5.41, 5.74) is 15.8. The van der Waals surface area contributed by atoms with Crippen LogP contribution in [0.25, 0.3) is 0 Å². The van der Waals surface area contributed by atoms with Crippen LogP contribution >= 0.6 is 0 Å². The van der Waals surface area contributed by atoms with Crippen molar-refractivity contribution >= 4 is 29.7 Å². The number of hydrogen-bond donors (Lipinski definition) is 9. The average molecular weight is 419 g/mol. The fourth-order valence-corrected chi connectivity index (χ4v) is 1.98. The number of carbonyl (C=O) groups is 4. The van der Waals surface area contributed by atoms with Crippen molar-refractivity contribution in [2.45, 2.75) is 44.0 Å². The number of amides is 3. The van der Waals surface area contributed by atoms with E-state index in [9.17, 15) is 24.3 Å². The predicted molar refractivity (Wildman–Crippen MR) is 101 cm³/mol. The van der Waals surface area contributed by atoms with Gasteiger partial charge >= 0.3 is 5.97 Å². The van der Waals surface area contributed by atoms with E-state index in [1.165, 1.54) is 6.92 Å². The zero-order valence-corrected chi connectivity index (χ0v) is 16.0. The minimum atomic E-state index is -1.55. The fraction of sp³-hybridized carbons (Fsp3) is 0.667. The van der Waals surface area contributed by atoms with Gasteiger partial charge in [0.15, 0.2) is 5.96 Å². The smallest absolute Gasteiger partial charge is 0.328 e. The first kappa shape index (κ1) is 26.0. The highest BCUT2D eigenvalue weighted by atomic mass is 16.4. The number of carbonyl (C=O) groups excluding carboxylic acids is 3. The number of guanidine groups is 1. The lowest BCUT2D eigenvalue weighted by molar-refractivity contribution is -0.143. The molecule has 0 aromatic rings. The van der Waals surface area contributed by atoms with Gasteiger partial charge in [0.1, 0.15) is 18.1 Å². The molecule has 0 heterocycles. The number of carboxylic acids is 1. The van der Waals surface area contributed by atoms with Gasteiger partial charge in [-0.1, -0.05) is 0 Å². The van der Waals surface area contributed by atoms with E-state index >= 15 is 0 Å². The standard InChI is InChI=1S/C15H29N7O7/c1-7(24)11(16)13(27)20-5-10(25)21-8(3-2-4-19-15(17)18)12(26)22-9(6-23)14(28)29/h7-9,11,23-24H,2-6,16H2,1H3,(H,20,27)(H,21,25)(H,22,26)(H,28,29)(H4,17,18,19). The van der Waals surface area contributed by atoms with Gasteiger partial charge in [-0.3, -0.25) is 19.4 Å². The Labute approximate surface area is 166 Å². The molecule has 0 aromatic carbocycles. The van der Waals surface area contributed by atoms with Gasteiger partial charge in [-0.2, -0.15) is 0 Å². The Hall–Kier alpha value is -2.97. The van der Waals surface area contributed by atoms with E-state index in [0.717, 1.165) is 0 Å². The van der Waals surface area contributed by atoms with Crippen LogP contribution in [0.5, 0.6) is 0 Å². The van der Waals surface area contributed by atoms with Crippen LogP contribution in [0.2, 0.25) is 0 Å². The molecule has 29 heavy (non-hydrogen) atoms. The molecule has 0 rings (SSSR count). The number of nitrogens with zero attached hydrogens (tertiary/aromatic N) is 1. The second-order valence-corrected chi connectivity index (χ2v) is 6.14. The molecule has 0 saturated carbocycles. The number of nitrogens with one attached hydrogen (secondary N) is 3. The highest BCUT2D eigenvalue weighted by Gasteiger charge is 2.26. The quantitative estimate of drug-likeness (QED) is 0.0779. The zero-order chi connectivity index (χ0) is 22.6. The first-order valence-corrected chi connectivity index (χ1v) is 8.69. The van der Waals surface area contributed by atoms with Crippen LogP contribution < -0.4 is 33.2 Å². The number of aliphatic hydroxyl groups excluding tert-OH is 2. The minimum Gasteiger partial charge on any atom is -0.480 e. The Morgan fingerprint density at radius 1 is 1.07 bits per heavy atom. The summed E-state index contributed by atoms with van der Waals surface area (Å²) >= 11 is 0. The summed E-state index contributed by atoms with van der Waals surface area (Å²) in [6.07, 6.45) is -0.807. The second-order valence-electron chi connectivity index (χ2n) is 6.14. The molecule has 3 amide bonds. The number of nitrogens with two attached hydrogens (primary N) is 3. The van der Waals surface area contributed by atoms with Gasteiger partial charge in [-0.15, -0.1) is 0 Å². The van der Waals surface area contributed by atoms with Crippen LogP contribution in [-0.4, -0.2) is 88.9 Å². The van der Waals surface area contributed by atoms with Crippen molar-refractivity contribution in [3.05, 3.63) is 0 Å². The Kier molecular flexibility index (Phi) is 11.9. The van der Waals surface area contributed by atoms with Gasteiger partial charge < -0.3 is 48.5 Å². The molecular formula is C15H29N7O7. The maximum Gasteiger partial charge on any atom is 0.328 e. The van der Waals surface area contributed by atoms with Gasteiger partial charge in [-0.05, 0) is 19.8 Å². The average Bonchev–Trinajstić information content (AvgIpc) is 2.64. The summed E-state index contributed by atoms with van der Waals surface area (Å²) in [5.74, 6) is -3.98. The van der Waals surface area contributed by atoms with E-state index in [1.807, 2.05) is 0 Å². The van der Waals surface area contributed by atoms with Crippen LogP contribution in [0.15, 0.2) is 4.99 Å². The van der Waals surface area contributed by atoms with Crippen LogP contribution in [0, 0.1) is 0 Å². The Morgan fingerprint density at radius 2 is 1.69 bits per heavy atom. The summed E-state index contributed by atoms with van der Waals surface area (Å²) in [7, 11) is 0. The molecule has 12 N–H and O–H groups in total. The van der Waals surface area contributed by atoms with Crippen molar-refractivity contribution in [1.82, 2.24) is 16.0 Å². The minimum absolute atomic E-state index is 0.0489. The molecule has 166 valence electrons. The van der Waals surface area contributed by atoms with Gasteiger partial charge in [0.05, 0.1) is 19.3 Å². The number of rotatable bonds is 13. The summed E-state index contributed by atoms with van der Waals surface area (Å²) in [5, 5.41) is 33.8. The van der Waals surface area contributed by atoms with Crippen LogP contribution in [0.1, 0.15) is 19.8 Å². The Bertz CT molecular complexity index is 608. The first-order chi connectivity index (χ1) is 13.5. The molecule has 4 atom stereocenters. The monoisotopic (exact) mass is 419 g/mol. The van der Waals surface area contributed by atoms with Gasteiger partial charge in [0.25, 0.3) is 0 Å². The lowest BCUT2D eigenvalue weighted by Crippen LogP contribution is -2.55. The molecule has 0 aromatic heterocycles. The second kappa shape index (κ2) is 13.2. The number of carboxylic acid groups (broad SMARTS) is 1.